The maximum atomic E-state index is 9.56. The van der Waals surface area contributed by atoms with Crippen LogP contribution in [0.2, 0.25) is 0 Å². The van der Waals surface area contributed by atoms with E-state index in [2.05, 4.69) is 6.07 Å². The molecule has 1 N–H and O–H groups in total. The highest BCUT2D eigenvalue weighted by atomic mass is 16.5. The number of unbranched alkanes of at least 4 members (excludes halogenated alkanes) is 1. The molecule has 0 radical (unpaired) electrons. The first-order valence-electron chi connectivity index (χ1n) is 7.29. The first kappa shape index (κ1) is 17.3. The van der Waals surface area contributed by atoms with E-state index in [4.69, 9.17) is 14.7 Å². The lowest BCUT2D eigenvalue weighted by Crippen LogP contribution is -2.08. The fraction of sp³-hybridized carbons (Fsp3) is 0.588. The Kier molecular flexibility index (Phi) is 6.51. The van der Waals surface area contributed by atoms with Crippen molar-refractivity contribution in [2.24, 2.45) is 5.41 Å². The summed E-state index contributed by atoms with van der Waals surface area (Å²) in [6.45, 7) is 6.20. The molecule has 0 bridgehead atoms. The lowest BCUT2D eigenvalue weighted by atomic mass is 9.89. The van der Waals surface area contributed by atoms with E-state index in [9.17, 15) is 5.11 Å². The van der Waals surface area contributed by atoms with E-state index < -0.39 is 6.10 Å². The van der Waals surface area contributed by atoms with Crippen molar-refractivity contribution in [2.45, 2.75) is 46.1 Å². The van der Waals surface area contributed by atoms with Gasteiger partial charge in [0.2, 0.25) is 0 Å². The topological polar surface area (TPSA) is 62.5 Å². The molecule has 0 amide bonds. The van der Waals surface area contributed by atoms with Crippen molar-refractivity contribution in [3.8, 4) is 17.6 Å². The van der Waals surface area contributed by atoms with Gasteiger partial charge in [0.15, 0.2) is 11.5 Å². The lowest BCUT2D eigenvalue weighted by Gasteiger charge is -2.15. The van der Waals surface area contributed by atoms with E-state index in [0.717, 1.165) is 24.8 Å². The second-order valence-electron chi connectivity index (χ2n) is 5.89. The quantitative estimate of drug-likeness (QED) is 0.739. The van der Waals surface area contributed by atoms with Gasteiger partial charge in [0.1, 0.15) is 0 Å². The first-order valence-corrected chi connectivity index (χ1v) is 7.29. The third-order valence-corrected chi connectivity index (χ3v) is 3.43. The summed E-state index contributed by atoms with van der Waals surface area (Å²) in [7, 11) is 1.59. The highest BCUT2D eigenvalue weighted by Gasteiger charge is 2.15. The van der Waals surface area contributed by atoms with Crippen molar-refractivity contribution in [3.63, 3.8) is 0 Å². The number of benzene rings is 1. The van der Waals surface area contributed by atoms with Gasteiger partial charge in [-0.3, -0.25) is 0 Å². The first-order chi connectivity index (χ1) is 9.89. The van der Waals surface area contributed by atoms with Crippen molar-refractivity contribution >= 4 is 0 Å². The molecule has 1 rings (SSSR count). The molecule has 4 heteroatoms. The number of rotatable bonds is 8. The van der Waals surface area contributed by atoms with Crippen LogP contribution in [0.4, 0.5) is 0 Å². The molecule has 4 nitrogen and oxygen atoms in total. The van der Waals surface area contributed by atoms with Crippen LogP contribution in [0, 0.1) is 16.7 Å². The fourth-order valence-corrected chi connectivity index (χ4v) is 1.97. The standard InChI is InChI=1S/C17H25NO3/c1-13(19)14-7-8-15(16(11-14)20-4)21-10-6-5-9-17(2,3)12-18/h7-8,11,13,19H,5-6,9-10H2,1-4H3/t13-/m1/s1. The summed E-state index contributed by atoms with van der Waals surface area (Å²) < 4.78 is 11.0. The van der Waals surface area contributed by atoms with Gasteiger partial charge in [-0.2, -0.15) is 5.26 Å². The summed E-state index contributed by atoms with van der Waals surface area (Å²) in [4.78, 5) is 0. The zero-order valence-electron chi connectivity index (χ0n) is 13.3. The average Bonchev–Trinajstić information content (AvgIpc) is 2.46. The van der Waals surface area contributed by atoms with Gasteiger partial charge in [0, 0.05) is 0 Å². The number of hydrogen-bond donors (Lipinski definition) is 1. The van der Waals surface area contributed by atoms with Crippen LogP contribution in [0.1, 0.15) is 51.7 Å². The Hall–Kier alpha value is -1.73. The molecular formula is C17H25NO3. The Morgan fingerprint density at radius 2 is 2.00 bits per heavy atom. The Bertz CT molecular complexity index is 489. The summed E-state index contributed by atoms with van der Waals surface area (Å²) in [5.41, 5.74) is 0.534. The summed E-state index contributed by atoms with van der Waals surface area (Å²) >= 11 is 0. The van der Waals surface area contributed by atoms with E-state index in [1.807, 2.05) is 26.0 Å². The molecule has 1 aromatic rings. The lowest BCUT2D eigenvalue weighted by molar-refractivity contribution is 0.198. The largest absolute Gasteiger partial charge is 0.493 e. The van der Waals surface area contributed by atoms with Crippen LogP contribution in [0.15, 0.2) is 18.2 Å². The predicted molar refractivity (Wildman–Crippen MR) is 82.4 cm³/mol. The van der Waals surface area contributed by atoms with Crippen LogP contribution in [0.25, 0.3) is 0 Å². The molecule has 21 heavy (non-hydrogen) atoms. The van der Waals surface area contributed by atoms with Gasteiger partial charge < -0.3 is 14.6 Å². The maximum Gasteiger partial charge on any atom is 0.161 e. The number of methoxy groups -OCH3 is 1. The van der Waals surface area contributed by atoms with Gasteiger partial charge in [0.25, 0.3) is 0 Å². The van der Waals surface area contributed by atoms with E-state index >= 15 is 0 Å². The number of aliphatic hydroxyl groups is 1. The smallest absolute Gasteiger partial charge is 0.161 e. The van der Waals surface area contributed by atoms with E-state index in [0.29, 0.717) is 18.1 Å². The van der Waals surface area contributed by atoms with Crippen molar-refractivity contribution in [2.75, 3.05) is 13.7 Å². The molecule has 0 saturated heterocycles. The van der Waals surface area contributed by atoms with Crippen LogP contribution in [-0.4, -0.2) is 18.8 Å². The number of aliphatic hydroxyl groups excluding tert-OH is 1. The molecule has 0 heterocycles. The van der Waals surface area contributed by atoms with Crippen LogP contribution < -0.4 is 9.47 Å². The fourth-order valence-electron chi connectivity index (χ4n) is 1.97. The van der Waals surface area contributed by atoms with Crippen molar-refractivity contribution in [3.05, 3.63) is 23.8 Å². The molecular weight excluding hydrogens is 266 g/mol. The number of nitrogens with zero attached hydrogens (tertiary/aromatic N) is 1. The van der Waals surface area contributed by atoms with Gasteiger partial charge in [-0.15, -0.1) is 0 Å². The summed E-state index contributed by atoms with van der Waals surface area (Å²) in [6, 6.07) is 7.75. The van der Waals surface area contributed by atoms with Crippen LogP contribution in [0.3, 0.4) is 0 Å². The van der Waals surface area contributed by atoms with Crippen LogP contribution in [0.5, 0.6) is 11.5 Å². The highest BCUT2D eigenvalue weighted by molar-refractivity contribution is 5.43. The number of hydrogen-bond acceptors (Lipinski definition) is 4. The van der Waals surface area contributed by atoms with E-state index in [1.54, 1.807) is 20.1 Å². The molecule has 0 aliphatic rings. The molecule has 0 unspecified atom stereocenters. The monoisotopic (exact) mass is 291 g/mol. The Labute approximate surface area is 127 Å². The van der Waals surface area contributed by atoms with Gasteiger partial charge in [-0.05, 0) is 57.7 Å². The SMILES string of the molecule is COc1cc([C@@H](C)O)ccc1OCCCCC(C)(C)C#N. The Morgan fingerprint density at radius 3 is 2.57 bits per heavy atom. The number of ether oxygens (including phenoxy) is 2. The summed E-state index contributed by atoms with van der Waals surface area (Å²) in [5, 5.41) is 18.5. The minimum absolute atomic E-state index is 0.267. The van der Waals surface area contributed by atoms with E-state index in [1.165, 1.54) is 0 Å². The summed E-state index contributed by atoms with van der Waals surface area (Å²) in [6.07, 6.45) is 2.19. The third-order valence-electron chi connectivity index (χ3n) is 3.43. The van der Waals surface area contributed by atoms with Crippen molar-refractivity contribution < 1.29 is 14.6 Å². The van der Waals surface area contributed by atoms with Gasteiger partial charge in [-0.25, -0.2) is 0 Å². The summed E-state index contributed by atoms with van der Waals surface area (Å²) in [5.74, 6) is 1.31. The van der Waals surface area contributed by atoms with Crippen molar-refractivity contribution in [1.82, 2.24) is 0 Å². The molecule has 1 aromatic carbocycles. The molecule has 0 aliphatic carbocycles. The Morgan fingerprint density at radius 1 is 1.29 bits per heavy atom. The zero-order valence-corrected chi connectivity index (χ0v) is 13.3. The molecule has 0 fully saturated rings. The van der Waals surface area contributed by atoms with Crippen LogP contribution >= 0.6 is 0 Å². The van der Waals surface area contributed by atoms with Crippen molar-refractivity contribution in [1.29, 1.82) is 5.26 Å². The van der Waals surface area contributed by atoms with Gasteiger partial charge in [-0.1, -0.05) is 6.07 Å². The highest BCUT2D eigenvalue weighted by Crippen LogP contribution is 2.30. The average molecular weight is 291 g/mol. The molecule has 1 atom stereocenters. The Balaban J connectivity index is 2.47. The number of nitriles is 1. The third kappa shape index (κ3) is 5.65. The molecule has 0 spiro atoms. The van der Waals surface area contributed by atoms with Crippen LogP contribution in [-0.2, 0) is 0 Å². The molecule has 0 aromatic heterocycles. The molecule has 0 aliphatic heterocycles. The maximum absolute atomic E-state index is 9.56. The molecule has 116 valence electrons. The minimum atomic E-state index is -0.527. The normalized spacial score (nSPS) is 12.6. The van der Waals surface area contributed by atoms with Gasteiger partial charge in [0.05, 0.1) is 31.3 Å². The second kappa shape index (κ2) is 7.90. The predicted octanol–water partition coefficient (Wildman–Crippen LogP) is 3.85. The molecule has 0 saturated carbocycles. The second-order valence-corrected chi connectivity index (χ2v) is 5.89. The zero-order chi connectivity index (χ0) is 15.9. The minimum Gasteiger partial charge on any atom is -0.493 e. The van der Waals surface area contributed by atoms with Gasteiger partial charge >= 0.3 is 0 Å². The van der Waals surface area contributed by atoms with E-state index in [-0.39, 0.29) is 5.41 Å².